The van der Waals surface area contributed by atoms with Gasteiger partial charge in [0.05, 0.1) is 11.3 Å². The predicted molar refractivity (Wildman–Crippen MR) is 108 cm³/mol. The highest BCUT2D eigenvalue weighted by molar-refractivity contribution is 6.05. The van der Waals surface area contributed by atoms with Gasteiger partial charge in [0.1, 0.15) is 6.54 Å². The minimum Gasteiger partial charge on any atom is -0.324 e. The van der Waals surface area contributed by atoms with Gasteiger partial charge in [0.2, 0.25) is 5.91 Å². The fourth-order valence-corrected chi connectivity index (χ4v) is 2.72. The number of anilines is 2. The standard InChI is InChI=1S/C21H17F3N4O3/c1-13-8-9-19(30)28(27-13)12-18(29)25-16-6-2-4-14(10-16)20(31)26-17-7-3-5-15(11-17)21(22,23)24/h2-11H,12H2,1H3,(H,25,29)(H,26,31). The van der Waals surface area contributed by atoms with Crippen LogP contribution >= 0.6 is 0 Å². The van der Waals surface area contributed by atoms with E-state index in [-0.39, 0.29) is 23.5 Å². The molecule has 0 aliphatic carbocycles. The van der Waals surface area contributed by atoms with Crippen molar-refractivity contribution in [3.05, 3.63) is 87.8 Å². The van der Waals surface area contributed by atoms with E-state index in [0.717, 1.165) is 16.8 Å². The Bertz CT molecular complexity index is 1190. The van der Waals surface area contributed by atoms with E-state index in [2.05, 4.69) is 15.7 Å². The summed E-state index contributed by atoms with van der Waals surface area (Å²) in [5.74, 6) is -1.18. The number of nitrogens with one attached hydrogen (secondary N) is 2. The van der Waals surface area contributed by atoms with E-state index in [9.17, 15) is 27.6 Å². The molecule has 0 aliphatic heterocycles. The molecule has 10 heteroatoms. The fraction of sp³-hybridized carbons (Fsp3) is 0.143. The van der Waals surface area contributed by atoms with E-state index in [1.165, 1.54) is 48.5 Å². The third-order valence-electron chi connectivity index (χ3n) is 4.15. The molecule has 0 fully saturated rings. The van der Waals surface area contributed by atoms with Crippen molar-refractivity contribution in [2.75, 3.05) is 10.6 Å². The van der Waals surface area contributed by atoms with Gasteiger partial charge in [-0.3, -0.25) is 14.4 Å². The number of halogens is 3. The van der Waals surface area contributed by atoms with E-state index in [1.807, 2.05) is 0 Å². The van der Waals surface area contributed by atoms with E-state index >= 15 is 0 Å². The summed E-state index contributed by atoms with van der Waals surface area (Å²) in [5.41, 5.74) is -0.357. The maximum atomic E-state index is 12.8. The molecule has 1 aromatic heterocycles. The van der Waals surface area contributed by atoms with E-state index in [0.29, 0.717) is 5.69 Å². The van der Waals surface area contributed by atoms with Gasteiger partial charge >= 0.3 is 6.18 Å². The first-order valence-electron chi connectivity index (χ1n) is 9.05. The summed E-state index contributed by atoms with van der Waals surface area (Å²) in [6.45, 7) is 1.36. The molecule has 2 aromatic carbocycles. The van der Waals surface area contributed by atoms with E-state index in [1.54, 1.807) is 6.92 Å². The fourth-order valence-electron chi connectivity index (χ4n) is 2.72. The van der Waals surface area contributed by atoms with Gasteiger partial charge in [-0.25, -0.2) is 4.68 Å². The van der Waals surface area contributed by atoms with Crippen LogP contribution in [0.2, 0.25) is 0 Å². The van der Waals surface area contributed by atoms with Crippen LogP contribution in [0.15, 0.2) is 65.5 Å². The summed E-state index contributed by atoms with van der Waals surface area (Å²) in [6, 6.07) is 13.0. The van der Waals surface area contributed by atoms with Crippen molar-refractivity contribution >= 4 is 23.2 Å². The molecule has 0 bridgehead atoms. The normalized spacial score (nSPS) is 11.1. The number of nitrogens with zero attached hydrogens (tertiary/aromatic N) is 2. The molecule has 3 aromatic rings. The van der Waals surface area contributed by atoms with Crippen LogP contribution in [0.1, 0.15) is 21.6 Å². The second-order valence-corrected chi connectivity index (χ2v) is 6.63. The Morgan fingerprint density at radius 3 is 2.35 bits per heavy atom. The van der Waals surface area contributed by atoms with Gasteiger partial charge in [-0.05, 0) is 49.4 Å². The Labute approximate surface area is 174 Å². The molecule has 0 saturated carbocycles. The molecule has 2 N–H and O–H groups in total. The zero-order valence-corrected chi connectivity index (χ0v) is 16.2. The van der Waals surface area contributed by atoms with Crippen LogP contribution in [-0.4, -0.2) is 21.6 Å². The van der Waals surface area contributed by atoms with Crippen LogP contribution in [0.5, 0.6) is 0 Å². The summed E-state index contributed by atoms with van der Waals surface area (Å²) < 4.78 is 39.5. The number of carbonyl (C=O) groups excluding carboxylic acids is 2. The van der Waals surface area contributed by atoms with E-state index < -0.39 is 29.1 Å². The van der Waals surface area contributed by atoms with Crippen molar-refractivity contribution in [1.82, 2.24) is 9.78 Å². The van der Waals surface area contributed by atoms with Crippen LogP contribution in [0.4, 0.5) is 24.5 Å². The first-order chi connectivity index (χ1) is 14.6. The van der Waals surface area contributed by atoms with Gasteiger partial charge in [-0.15, -0.1) is 0 Å². The van der Waals surface area contributed by atoms with Crippen LogP contribution in [0.25, 0.3) is 0 Å². The van der Waals surface area contributed by atoms with Gasteiger partial charge in [-0.1, -0.05) is 12.1 Å². The lowest BCUT2D eigenvalue weighted by molar-refractivity contribution is -0.137. The van der Waals surface area contributed by atoms with E-state index in [4.69, 9.17) is 0 Å². The Kier molecular flexibility index (Phi) is 6.19. The second-order valence-electron chi connectivity index (χ2n) is 6.63. The van der Waals surface area contributed by atoms with Crippen molar-refractivity contribution in [1.29, 1.82) is 0 Å². The Morgan fingerprint density at radius 1 is 0.968 bits per heavy atom. The second kappa shape index (κ2) is 8.82. The highest BCUT2D eigenvalue weighted by Gasteiger charge is 2.30. The van der Waals surface area contributed by atoms with Crippen molar-refractivity contribution in [3.8, 4) is 0 Å². The number of aromatic nitrogens is 2. The third-order valence-corrected chi connectivity index (χ3v) is 4.15. The zero-order valence-electron chi connectivity index (χ0n) is 16.2. The number of carbonyl (C=O) groups is 2. The molecule has 0 aliphatic rings. The highest BCUT2D eigenvalue weighted by Crippen LogP contribution is 2.30. The largest absolute Gasteiger partial charge is 0.416 e. The first-order valence-corrected chi connectivity index (χ1v) is 9.05. The molecule has 3 rings (SSSR count). The summed E-state index contributed by atoms with van der Waals surface area (Å²) in [6.07, 6.45) is -4.53. The molecule has 0 spiro atoms. The third kappa shape index (κ3) is 5.78. The number of alkyl halides is 3. The molecule has 7 nitrogen and oxygen atoms in total. The van der Waals surface area contributed by atoms with Gasteiger partial charge < -0.3 is 10.6 Å². The van der Waals surface area contributed by atoms with Crippen LogP contribution in [0, 0.1) is 6.92 Å². The Hall–Kier alpha value is -3.95. The summed E-state index contributed by atoms with van der Waals surface area (Å²) in [5, 5.41) is 8.93. The lowest BCUT2D eigenvalue weighted by atomic mass is 10.1. The number of hydrogen-bond donors (Lipinski definition) is 2. The minimum atomic E-state index is -4.53. The van der Waals surface area contributed by atoms with Crippen molar-refractivity contribution in [2.45, 2.75) is 19.6 Å². The molecule has 160 valence electrons. The number of hydrogen-bond acceptors (Lipinski definition) is 4. The van der Waals surface area contributed by atoms with Crippen molar-refractivity contribution in [2.24, 2.45) is 0 Å². The first kappa shape index (κ1) is 21.8. The van der Waals surface area contributed by atoms with Crippen LogP contribution in [0.3, 0.4) is 0 Å². The molecular weight excluding hydrogens is 413 g/mol. The SMILES string of the molecule is Cc1ccc(=O)n(CC(=O)Nc2cccc(C(=O)Nc3cccc(C(F)(F)F)c3)c2)n1. The van der Waals surface area contributed by atoms with Gasteiger partial charge in [0.25, 0.3) is 11.5 Å². The van der Waals surface area contributed by atoms with Crippen molar-refractivity contribution < 1.29 is 22.8 Å². The van der Waals surface area contributed by atoms with Gasteiger partial charge in [0, 0.05) is 23.0 Å². The summed E-state index contributed by atoms with van der Waals surface area (Å²) in [7, 11) is 0. The average molecular weight is 430 g/mol. The maximum absolute atomic E-state index is 12.8. The molecular formula is C21H17F3N4O3. The van der Waals surface area contributed by atoms with Crippen LogP contribution < -0.4 is 16.2 Å². The topological polar surface area (TPSA) is 93.1 Å². The molecule has 0 radical (unpaired) electrons. The minimum absolute atomic E-state index is 0.0147. The zero-order chi connectivity index (χ0) is 22.6. The number of amides is 2. The Morgan fingerprint density at radius 2 is 1.65 bits per heavy atom. The molecule has 1 heterocycles. The average Bonchev–Trinajstić information content (AvgIpc) is 2.70. The highest BCUT2D eigenvalue weighted by atomic mass is 19.4. The lowest BCUT2D eigenvalue weighted by Crippen LogP contribution is -2.29. The smallest absolute Gasteiger partial charge is 0.324 e. The molecule has 2 amide bonds. The summed E-state index contributed by atoms with van der Waals surface area (Å²) >= 11 is 0. The number of benzene rings is 2. The quantitative estimate of drug-likeness (QED) is 0.648. The van der Waals surface area contributed by atoms with Crippen LogP contribution in [-0.2, 0) is 17.5 Å². The maximum Gasteiger partial charge on any atom is 0.416 e. The van der Waals surface area contributed by atoms with Gasteiger partial charge in [0.15, 0.2) is 0 Å². The molecule has 31 heavy (non-hydrogen) atoms. The number of aryl methyl sites for hydroxylation is 1. The lowest BCUT2D eigenvalue weighted by Gasteiger charge is -2.11. The predicted octanol–water partition coefficient (Wildman–Crippen LogP) is 3.46. The summed E-state index contributed by atoms with van der Waals surface area (Å²) in [4.78, 5) is 36.4. The molecule has 0 atom stereocenters. The number of rotatable bonds is 5. The molecule has 0 unspecified atom stereocenters. The molecule has 0 saturated heterocycles. The Balaban J connectivity index is 1.70. The monoisotopic (exact) mass is 430 g/mol. The van der Waals surface area contributed by atoms with Crippen molar-refractivity contribution in [3.63, 3.8) is 0 Å². The van der Waals surface area contributed by atoms with Gasteiger partial charge in [-0.2, -0.15) is 18.3 Å².